The number of nitrogens with zero attached hydrogens (tertiary/aromatic N) is 2. The monoisotopic (exact) mass is 250 g/mol. The third-order valence-electron chi connectivity index (χ3n) is 2.88. The third-order valence-corrected chi connectivity index (χ3v) is 3.28. The maximum absolute atomic E-state index is 10.3. The van der Waals surface area contributed by atoms with Crippen molar-refractivity contribution in [3.8, 4) is 0 Å². The first-order valence-electron chi connectivity index (χ1n) is 5.57. The van der Waals surface area contributed by atoms with Crippen LogP contribution in [0.4, 0.5) is 0 Å². The minimum Gasteiger partial charge on any atom is -0.382 e. The molecule has 0 spiro atoms. The van der Waals surface area contributed by atoms with Crippen LogP contribution in [0.25, 0.3) is 0 Å². The van der Waals surface area contributed by atoms with Crippen LogP contribution in [0.5, 0.6) is 0 Å². The standard InChI is InChI=1S/C13H15ClN2O/c1-3-16-8-15-7-12(16)13(17)10-5-4-9(2)11(14)6-10/h4-8,13,17H,3H2,1-2H3. The molecule has 0 saturated carbocycles. The molecule has 0 fully saturated rings. The quantitative estimate of drug-likeness (QED) is 0.910. The van der Waals surface area contributed by atoms with Gasteiger partial charge in [-0.25, -0.2) is 4.98 Å². The number of aryl methyl sites for hydroxylation is 2. The highest BCUT2D eigenvalue weighted by Gasteiger charge is 2.15. The highest BCUT2D eigenvalue weighted by Crippen LogP contribution is 2.25. The van der Waals surface area contributed by atoms with Gasteiger partial charge in [-0.1, -0.05) is 23.7 Å². The first kappa shape index (κ1) is 12.1. The summed E-state index contributed by atoms with van der Waals surface area (Å²) in [7, 11) is 0. The molecule has 2 aromatic rings. The summed E-state index contributed by atoms with van der Waals surface area (Å²) in [6, 6.07) is 5.60. The third kappa shape index (κ3) is 2.35. The number of benzene rings is 1. The van der Waals surface area contributed by atoms with Crippen LogP contribution in [0.15, 0.2) is 30.7 Å². The van der Waals surface area contributed by atoms with Crippen LogP contribution < -0.4 is 0 Å². The Balaban J connectivity index is 2.36. The molecule has 1 unspecified atom stereocenters. The molecule has 0 aliphatic carbocycles. The summed E-state index contributed by atoms with van der Waals surface area (Å²) in [4.78, 5) is 4.05. The molecule has 0 aliphatic heterocycles. The van der Waals surface area contributed by atoms with Gasteiger partial charge in [0.15, 0.2) is 0 Å². The number of rotatable bonds is 3. The van der Waals surface area contributed by atoms with E-state index in [-0.39, 0.29) is 0 Å². The van der Waals surface area contributed by atoms with E-state index in [0.29, 0.717) is 5.02 Å². The Kier molecular flexibility index (Phi) is 3.50. The number of aliphatic hydroxyl groups is 1. The zero-order chi connectivity index (χ0) is 12.4. The van der Waals surface area contributed by atoms with E-state index in [1.54, 1.807) is 18.6 Å². The Morgan fingerprint density at radius 1 is 1.47 bits per heavy atom. The summed E-state index contributed by atoms with van der Waals surface area (Å²) in [6.07, 6.45) is 2.71. The van der Waals surface area contributed by atoms with Crippen molar-refractivity contribution in [2.45, 2.75) is 26.5 Å². The van der Waals surface area contributed by atoms with Gasteiger partial charge < -0.3 is 9.67 Å². The summed E-state index contributed by atoms with van der Waals surface area (Å²) >= 11 is 6.06. The molecule has 0 bridgehead atoms. The zero-order valence-electron chi connectivity index (χ0n) is 9.89. The van der Waals surface area contributed by atoms with Crippen LogP contribution in [-0.2, 0) is 6.54 Å². The number of imidazole rings is 1. The highest BCUT2D eigenvalue weighted by molar-refractivity contribution is 6.31. The Bertz CT molecular complexity index is 522. The number of hydrogen-bond acceptors (Lipinski definition) is 2. The van der Waals surface area contributed by atoms with Crippen molar-refractivity contribution in [1.82, 2.24) is 9.55 Å². The fourth-order valence-electron chi connectivity index (χ4n) is 1.77. The van der Waals surface area contributed by atoms with Crippen LogP contribution in [0, 0.1) is 6.92 Å². The van der Waals surface area contributed by atoms with Crippen LogP contribution in [-0.4, -0.2) is 14.7 Å². The predicted octanol–water partition coefficient (Wildman–Crippen LogP) is 2.95. The Morgan fingerprint density at radius 3 is 2.88 bits per heavy atom. The summed E-state index contributed by atoms with van der Waals surface area (Å²) < 4.78 is 1.92. The van der Waals surface area contributed by atoms with E-state index in [4.69, 9.17) is 11.6 Å². The molecule has 0 aliphatic rings. The molecular formula is C13H15ClN2O. The van der Waals surface area contributed by atoms with E-state index in [2.05, 4.69) is 4.98 Å². The van der Waals surface area contributed by atoms with Crippen LogP contribution >= 0.6 is 11.6 Å². The van der Waals surface area contributed by atoms with Gasteiger partial charge in [0, 0.05) is 11.6 Å². The van der Waals surface area contributed by atoms with Crippen molar-refractivity contribution in [3.63, 3.8) is 0 Å². The molecular weight excluding hydrogens is 236 g/mol. The molecule has 0 radical (unpaired) electrons. The molecule has 1 heterocycles. The molecule has 0 amide bonds. The normalized spacial score (nSPS) is 12.7. The molecule has 17 heavy (non-hydrogen) atoms. The van der Waals surface area contributed by atoms with Gasteiger partial charge in [0.2, 0.25) is 0 Å². The number of halogens is 1. The Hall–Kier alpha value is -1.32. The summed E-state index contributed by atoms with van der Waals surface area (Å²) in [6.45, 7) is 4.74. The second kappa shape index (κ2) is 4.90. The first-order chi connectivity index (χ1) is 8.13. The average molecular weight is 251 g/mol. The first-order valence-corrected chi connectivity index (χ1v) is 5.95. The molecule has 1 N–H and O–H groups in total. The van der Waals surface area contributed by atoms with Gasteiger partial charge in [-0.2, -0.15) is 0 Å². The van der Waals surface area contributed by atoms with Crippen LogP contribution in [0.1, 0.15) is 29.8 Å². The van der Waals surface area contributed by atoms with Gasteiger partial charge in [-0.15, -0.1) is 0 Å². The molecule has 0 saturated heterocycles. The highest BCUT2D eigenvalue weighted by atomic mass is 35.5. The largest absolute Gasteiger partial charge is 0.382 e. The van der Waals surface area contributed by atoms with E-state index in [1.165, 1.54) is 0 Å². The minimum atomic E-state index is -0.685. The van der Waals surface area contributed by atoms with Crippen molar-refractivity contribution in [2.24, 2.45) is 0 Å². The lowest BCUT2D eigenvalue weighted by molar-refractivity contribution is 0.210. The zero-order valence-corrected chi connectivity index (χ0v) is 10.6. The van der Waals surface area contributed by atoms with Gasteiger partial charge in [0.25, 0.3) is 0 Å². The second-order valence-corrected chi connectivity index (χ2v) is 4.42. The summed E-state index contributed by atoms with van der Waals surface area (Å²) in [5.74, 6) is 0. The Morgan fingerprint density at radius 2 is 2.24 bits per heavy atom. The smallest absolute Gasteiger partial charge is 0.121 e. The minimum absolute atomic E-state index is 0.670. The van der Waals surface area contributed by atoms with Crippen LogP contribution in [0.2, 0.25) is 5.02 Å². The number of hydrogen-bond donors (Lipinski definition) is 1. The molecule has 1 aromatic carbocycles. The SMILES string of the molecule is CCn1cncc1C(O)c1ccc(C)c(Cl)c1. The number of aliphatic hydroxyl groups excluding tert-OH is 1. The maximum atomic E-state index is 10.3. The molecule has 1 aromatic heterocycles. The van der Waals surface area contributed by atoms with Crippen molar-refractivity contribution < 1.29 is 5.11 Å². The molecule has 90 valence electrons. The van der Waals surface area contributed by atoms with Crippen LogP contribution in [0.3, 0.4) is 0 Å². The summed E-state index contributed by atoms with van der Waals surface area (Å²) in [5.41, 5.74) is 2.58. The Labute approximate surface area is 106 Å². The van der Waals surface area contributed by atoms with Gasteiger partial charge in [0.1, 0.15) is 6.10 Å². The van der Waals surface area contributed by atoms with Crippen molar-refractivity contribution in [2.75, 3.05) is 0 Å². The molecule has 4 heteroatoms. The van der Waals surface area contributed by atoms with E-state index < -0.39 is 6.10 Å². The van der Waals surface area contributed by atoms with Gasteiger partial charge in [-0.05, 0) is 31.0 Å². The van der Waals surface area contributed by atoms with E-state index in [1.807, 2.05) is 30.5 Å². The maximum Gasteiger partial charge on any atom is 0.121 e. The molecule has 1 atom stereocenters. The van der Waals surface area contributed by atoms with Gasteiger partial charge >= 0.3 is 0 Å². The van der Waals surface area contributed by atoms with E-state index >= 15 is 0 Å². The van der Waals surface area contributed by atoms with E-state index in [9.17, 15) is 5.11 Å². The lowest BCUT2D eigenvalue weighted by Crippen LogP contribution is -2.07. The fraction of sp³-hybridized carbons (Fsp3) is 0.308. The average Bonchev–Trinajstić information content (AvgIpc) is 2.80. The predicted molar refractivity (Wildman–Crippen MR) is 68.2 cm³/mol. The topological polar surface area (TPSA) is 38.0 Å². The number of aromatic nitrogens is 2. The summed E-state index contributed by atoms with van der Waals surface area (Å²) in [5, 5.41) is 11.0. The van der Waals surface area contributed by atoms with Crippen molar-refractivity contribution >= 4 is 11.6 Å². The van der Waals surface area contributed by atoms with Crippen molar-refractivity contribution in [3.05, 3.63) is 52.6 Å². The van der Waals surface area contributed by atoms with Gasteiger partial charge in [0.05, 0.1) is 18.2 Å². The molecule has 2 rings (SSSR count). The van der Waals surface area contributed by atoms with Crippen molar-refractivity contribution in [1.29, 1.82) is 0 Å². The van der Waals surface area contributed by atoms with Gasteiger partial charge in [-0.3, -0.25) is 0 Å². The van der Waals surface area contributed by atoms with E-state index in [0.717, 1.165) is 23.4 Å². The fourth-order valence-corrected chi connectivity index (χ4v) is 1.96. The second-order valence-electron chi connectivity index (χ2n) is 4.02. The molecule has 3 nitrogen and oxygen atoms in total. The lowest BCUT2D eigenvalue weighted by atomic mass is 10.1. The lowest BCUT2D eigenvalue weighted by Gasteiger charge is -2.13.